The van der Waals surface area contributed by atoms with Crippen LogP contribution in [0.2, 0.25) is 0 Å². The third-order valence-corrected chi connectivity index (χ3v) is 4.76. The molecule has 1 unspecified atom stereocenters. The molecule has 1 fully saturated rings. The second-order valence-corrected chi connectivity index (χ2v) is 7.00. The van der Waals surface area contributed by atoms with Gasteiger partial charge < -0.3 is 19.7 Å². The van der Waals surface area contributed by atoms with E-state index >= 15 is 0 Å². The number of rotatable bonds is 4. The van der Waals surface area contributed by atoms with E-state index < -0.39 is 6.04 Å². The average molecular weight is 336 g/mol. The average Bonchev–Trinajstić information content (AvgIpc) is 3.19. The lowest BCUT2D eigenvalue weighted by Crippen LogP contribution is -2.47. The van der Waals surface area contributed by atoms with E-state index in [9.17, 15) is 9.59 Å². The lowest BCUT2D eigenvalue weighted by molar-refractivity contribution is -0.124. The molecule has 2 heterocycles. The molecular formula is C16H20N2O4S. The predicted octanol–water partition coefficient (Wildman–Crippen LogP) is 1.70. The molecule has 0 saturated carbocycles. The number of carbonyl (C=O) groups is 2. The number of amides is 2. The normalized spacial score (nSPS) is 19.3. The van der Waals surface area contributed by atoms with E-state index in [1.54, 1.807) is 34.9 Å². The van der Waals surface area contributed by atoms with Gasteiger partial charge in [-0.2, -0.15) is 0 Å². The Balaban J connectivity index is 1.71. The van der Waals surface area contributed by atoms with Crippen molar-refractivity contribution in [2.24, 2.45) is 5.92 Å². The van der Waals surface area contributed by atoms with Crippen molar-refractivity contribution in [3.05, 3.63) is 23.8 Å². The van der Waals surface area contributed by atoms with E-state index in [1.807, 2.05) is 13.8 Å². The summed E-state index contributed by atoms with van der Waals surface area (Å²) >= 11 is 1.59. The molecule has 0 spiro atoms. The van der Waals surface area contributed by atoms with Crippen LogP contribution in [0.3, 0.4) is 0 Å². The zero-order valence-electron chi connectivity index (χ0n) is 13.2. The van der Waals surface area contributed by atoms with Crippen molar-refractivity contribution in [1.82, 2.24) is 10.2 Å². The van der Waals surface area contributed by atoms with Gasteiger partial charge in [-0.3, -0.25) is 9.59 Å². The molecule has 1 aromatic carbocycles. The van der Waals surface area contributed by atoms with E-state index in [0.29, 0.717) is 41.2 Å². The number of fused-ring (bicyclic) bond motifs is 1. The molecule has 124 valence electrons. The standard InChI is InChI=1S/C16H20N2O4S/c1-10(2)6-17-15(19)12-7-23-8-18(12)16(20)11-3-4-13-14(5-11)22-9-21-13/h3-5,10,12H,6-9H2,1-2H3,(H,17,19). The SMILES string of the molecule is CC(C)CNC(=O)C1CSCN1C(=O)c1ccc2c(c1)OCO2. The van der Waals surface area contributed by atoms with Gasteiger partial charge in [0, 0.05) is 17.9 Å². The number of nitrogens with one attached hydrogen (secondary N) is 1. The van der Waals surface area contributed by atoms with Crippen LogP contribution in [0.4, 0.5) is 0 Å². The summed E-state index contributed by atoms with van der Waals surface area (Å²) in [5.74, 6) is 2.50. The number of hydrogen-bond donors (Lipinski definition) is 1. The number of hydrogen-bond acceptors (Lipinski definition) is 5. The van der Waals surface area contributed by atoms with Crippen LogP contribution in [0.15, 0.2) is 18.2 Å². The molecule has 1 atom stereocenters. The molecule has 6 nitrogen and oxygen atoms in total. The molecule has 23 heavy (non-hydrogen) atoms. The number of benzene rings is 1. The highest BCUT2D eigenvalue weighted by molar-refractivity contribution is 7.99. The van der Waals surface area contributed by atoms with Gasteiger partial charge >= 0.3 is 0 Å². The molecule has 3 rings (SSSR count). The van der Waals surface area contributed by atoms with Gasteiger partial charge in [0.15, 0.2) is 11.5 Å². The van der Waals surface area contributed by atoms with Gasteiger partial charge in [0.2, 0.25) is 12.7 Å². The summed E-state index contributed by atoms with van der Waals surface area (Å²) in [6.45, 7) is 4.87. The Morgan fingerprint density at radius 1 is 1.35 bits per heavy atom. The third kappa shape index (κ3) is 3.39. The zero-order chi connectivity index (χ0) is 16.4. The van der Waals surface area contributed by atoms with Gasteiger partial charge in [0.25, 0.3) is 5.91 Å². The number of nitrogens with zero attached hydrogens (tertiary/aromatic N) is 1. The molecule has 0 aliphatic carbocycles. The van der Waals surface area contributed by atoms with Gasteiger partial charge in [0.05, 0.1) is 5.88 Å². The highest BCUT2D eigenvalue weighted by Gasteiger charge is 2.35. The van der Waals surface area contributed by atoms with Gasteiger partial charge in [0.1, 0.15) is 6.04 Å². The van der Waals surface area contributed by atoms with Crippen LogP contribution in [0.5, 0.6) is 11.5 Å². The fourth-order valence-corrected chi connectivity index (χ4v) is 3.63. The molecule has 1 saturated heterocycles. The zero-order valence-corrected chi connectivity index (χ0v) is 14.0. The summed E-state index contributed by atoms with van der Waals surface area (Å²) in [6, 6.07) is 4.70. The smallest absolute Gasteiger partial charge is 0.255 e. The predicted molar refractivity (Wildman–Crippen MR) is 87.7 cm³/mol. The summed E-state index contributed by atoms with van der Waals surface area (Å²) < 4.78 is 10.6. The van der Waals surface area contributed by atoms with E-state index in [0.717, 1.165) is 0 Å². The quantitative estimate of drug-likeness (QED) is 0.906. The Hall–Kier alpha value is -1.89. The lowest BCUT2D eigenvalue weighted by atomic mass is 10.1. The van der Waals surface area contributed by atoms with Crippen LogP contribution in [0, 0.1) is 5.92 Å². The lowest BCUT2D eigenvalue weighted by Gasteiger charge is -2.23. The van der Waals surface area contributed by atoms with Crippen molar-refractivity contribution in [1.29, 1.82) is 0 Å². The second-order valence-electron chi connectivity index (χ2n) is 6.00. The third-order valence-electron chi connectivity index (χ3n) is 3.75. The first kappa shape index (κ1) is 16.0. The van der Waals surface area contributed by atoms with Crippen LogP contribution in [0.25, 0.3) is 0 Å². The minimum atomic E-state index is -0.420. The van der Waals surface area contributed by atoms with E-state index in [2.05, 4.69) is 5.32 Å². The van der Waals surface area contributed by atoms with Crippen molar-refractivity contribution >= 4 is 23.6 Å². The van der Waals surface area contributed by atoms with Crippen molar-refractivity contribution in [2.75, 3.05) is 25.0 Å². The minimum Gasteiger partial charge on any atom is -0.454 e. The topological polar surface area (TPSA) is 67.9 Å². The Morgan fingerprint density at radius 2 is 2.13 bits per heavy atom. The van der Waals surface area contributed by atoms with Crippen LogP contribution >= 0.6 is 11.8 Å². The second kappa shape index (κ2) is 6.70. The maximum absolute atomic E-state index is 12.7. The Morgan fingerprint density at radius 3 is 2.91 bits per heavy atom. The number of ether oxygens (including phenoxy) is 2. The van der Waals surface area contributed by atoms with E-state index in [1.165, 1.54) is 0 Å². The van der Waals surface area contributed by atoms with Gasteiger partial charge in [-0.05, 0) is 24.1 Å². The molecule has 2 aliphatic heterocycles. The van der Waals surface area contributed by atoms with Crippen molar-refractivity contribution in [2.45, 2.75) is 19.9 Å². The maximum Gasteiger partial charge on any atom is 0.255 e. The summed E-state index contributed by atoms with van der Waals surface area (Å²) in [7, 11) is 0. The number of thioether (sulfide) groups is 1. The monoisotopic (exact) mass is 336 g/mol. The molecule has 0 radical (unpaired) electrons. The molecule has 1 aromatic rings. The van der Waals surface area contributed by atoms with Crippen molar-refractivity contribution in [3.63, 3.8) is 0 Å². The summed E-state index contributed by atoms with van der Waals surface area (Å²) in [5.41, 5.74) is 0.512. The largest absolute Gasteiger partial charge is 0.454 e. The molecule has 1 N–H and O–H groups in total. The highest BCUT2D eigenvalue weighted by Crippen LogP contribution is 2.33. The number of carbonyl (C=O) groups excluding carboxylic acids is 2. The minimum absolute atomic E-state index is 0.0854. The Kier molecular flexibility index (Phi) is 4.66. The molecule has 7 heteroatoms. The van der Waals surface area contributed by atoms with Crippen molar-refractivity contribution in [3.8, 4) is 11.5 Å². The van der Waals surface area contributed by atoms with Gasteiger partial charge in [-0.15, -0.1) is 11.8 Å². The molecule has 2 aliphatic rings. The fourth-order valence-electron chi connectivity index (χ4n) is 2.48. The maximum atomic E-state index is 12.7. The van der Waals surface area contributed by atoms with Crippen molar-refractivity contribution < 1.29 is 19.1 Å². The molecule has 0 aromatic heterocycles. The Labute approximate surface area is 139 Å². The Bertz CT molecular complexity index is 620. The van der Waals surface area contributed by atoms with E-state index in [4.69, 9.17) is 9.47 Å². The highest BCUT2D eigenvalue weighted by atomic mass is 32.2. The first-order valence-electron chi connectivity index (χ1n) is 7.62. The summed E-state index contributed by atoms with van der Waals surface area (Å²) in [6.07, 6.45) is 0. The van der Waals surface area contributed by atoms with Gasteiger partial charge in [-0.25, -0.2) is 0 Å². The van der Waals surface area contributed by atoms with Crippen LogP contribution in [-0.4, -0.2) is 47.7 Å². The first-order chi connectivity index (χ1) is 11.1. The van der Waals surface area contributed by atoms with Gasteiger partial charge in [-0.1, -0.05) is 13.8 Å². The molecule has 2 amide bonds. The molecular weight excluding hydrogens is 316 g/mol. The fraction of sp³-hybridized carbons (Fsp3) is 0.500. The molecule has 0 bridgehead atoms. The first-order valence-corrected chi connectivity index (χ1v) is 8.78. The summed E-state index contributed by atoms with van der Waals surface area (Å²) in [4.78, 5) is 26.7. The van der Waals surface area contributed by atoms with Crippen LogP contribution < -0.4 is 14.8 Å². The van der Waals surface area contributed by atoms with Crippen LogP contribution in [0.1, 0.15) is 24.2 Å². The summed E-state index contributed by atoms with van der Waals surface area (Å²) in [5, 5.41) is 2.91. The van der Waals surface area contributed by atoms with E-state index in [-0.39, 0.29) is 18.6 Å². The van der Waals surface area contributed by atoms with Crippen LogP contribution in [-0.2, 0) is 4.79 Å².